The summed E-state index contributed by atoms with van der Waals surface area (Å²) in [6.07, 6.45) is -2.29. The third kappa shape index (κ3) is 18.8. The lowest BCUT2D eigenvalue weighted by molar-refractivity contribution is -0.668. The molecule has 0 radical (unpaired) electrons. The SMILES string of the molecule is CCOc1cccc(F)c1C#Cc1cn([C@@H]2O[C@H](CNS(N)(=O)=O)[C@@H](O)[C@H]2O)c2c1c(N)nc[n+]2Cc1ccc(NC(=O)[C@H](CCCNC(N)=O)CC(=O)[C@@H](NC(=O)CCOCCOCCOCCC(C)=O)C(C)C)cc1. The minimum absolute atomic E-state index is 0.00207. The highest BCUT2D eigenvalue weighted by molar-refractivity contribution is 7.87. The Morgan fingerprint density at radius 2 is 1.64 bits per heavy atom. The van der Waals surface area contributed by atoms with Crippen LogP contribution in [0, 0.1) is 29.5 Å². The van der Waals surface area contributed by atoms with E-state index in [-0.39, 0.29) is 104 Å². The predicted molar refractivity (Wildman–Crippen MR) is 278 cm³/mol. The second-order valence-corrected chi connectivity index (χ2v) is 19.8. The van der Waals surface area contributed by atoms with Gasteiger partial charge in [-0.3, -0.25) is 19.2 Å². The maximum Gasteiger partial charge on any atom is 0.312 e. The summed E-state index contributed by atoms with van der Waals surface area (Å²) >= 11 is 0. The topological polar surface area (TPSA) is 354 Å². The fourth-order valence-corrected chi connectivity index (χ4v) is 8.65. The molecule has 4 aromatic rings. The molecule has 12 N–H and O–H groups in total. The summed E-state index contributed by atoms with van der Waals surface area (Å²) in [5, 5.41) is 35.9. The molecule has 1 aliphatic rings. The lowest BCUT2D eigenvalue weighted by Gasteiger charge is -2.24. The lowest BCUT2D eigenvalue weighted by Crippen LogP contribution is -2.45. The maximum atomic E-state index is 15.1. The molecule has 24 nitrogen and oxygen atoms in total. The van der Waals surface area contributed by atoms with Crippen LogP contribution < -0.4 is 46.6 Å². The van der Waals surface area contributed by atoms with Gasteiger partial charge in [0.15, 0.2) is 5.78 Å². The fourth-order valence-electron chi connectivity index (χ4n) is 8.25. The molecular formula is C51H70FN10O14S+. The Morgan fingerprint density at radius 1 is 0.961 bits per heavy atom. The van der Waals surface area contributed by atoms with Crippen molar-refractivity contribution in [3.63, 3.8) is 0 Å². The zero-order valence-electron chi connectivity index (χ0n) is 43.5. The summed E-state index contributed by atoms with van der Waals surface area (Å²) in [6.45, 7) is 8.36. The second kappa shape index (κ2) is 29.7. The highest BCUT2D eigenvalue weighted by atomic mass is 32.2. The molecule has 77 heavy (non-hydrogen) atoms. The number of nitrogens with zero attached hydrogens (tertiary/aromatic N) is 3. The van der Waals surface area contributed by atoms with Gasteiger partial charge >= 0.3 is 6.03 Å². The molecule has 420 valence electrons. The van der Waals surface area contributed by atoms with Crippen LogP contribution in [0.3, 0.4) is 0 Å². The van der Waals surface area contributed by atoms with Gasteiger partial charge in [0, 0.05) is 44.0 Å². The van der Waals surface area contributed by atoms with E-state index < -0.39 is 76.9 Å². The number of amides is 4. The van der Waals surface area contributed by atoms with E-state index in [0.29, 0.717) is 49.6 Å². The van der Waals surface area contributed by atoms with E-state index in [1.807, 2.05) is 0 Å². The molecule has 2 aromatic carbocycles. The minimum atomic E-state index is -4.20. The van der Waals surface area contributed by atoms with Crippen LogP contribution in [0.5, 0.6) is 5.75 Å². The van der Waals surface area contributed by atoms with Crippen molar-refractivity contribution in [2.24, 2.45) is 22.7 Å². The summed E-state index contributed by atoms with van der Waals surface area (Å²) < 4.78 is 71.7. The van der Waals surface area contributed by atoms with E-state index in [4.69, 9.17) is 40.3 Å². The molecule has 0 bridgehead atoms. The number of hydrogen-bond donors (Lipinski definition) is 9. The summed E-state index contributed by atoms with van der Waals surface area (Å²) in [5.74, 6) is 2.93. The van der Waals surface area contributed by atoms with Crippen LogP contribution >= 0.6 is 0 Å². The van der Waals surface area contributed by atoms with Crippen molar-refractivity contribution in [3.05, 3.63) is 77.5 Å². The number of aliphatic hydroxyl groups excluding tert-OH is 2. The number of nitrogen functional groups attached to an aromatic ring is 1. The molecular weight excluding hydrogens is 1030 g/mol. The Morgan fingerprint density at radius 3 is 2.27 bits per heavy atom. The van der Waals surface area contributed by atoms with Gasteiger partial charge in [-0.2, -0.15) is 13.1 Å². The van der Waals surface area contributed by atoms with Crippen LogP contribution in [-0.2, 0) is 54.9 Å². The molecule has 2 aromatic heterocycles. The van der Waals surface area contributed by atoms with Crippen LogP contribution in [0.2, 0.25) is 0 Å². The summed E-state index contributed by atoms with van der Waals surface area (Å²) in [4.78, 5) is 67.6. The lowest BCUT2D eigenvalue weighted by atomic mass is 9.89. The van der Waals surface area contributed by atoms with E-state index in [9.17, 15) is 42.6 Å². The Kier molecular flexibility index (Phi) is 23.6. The standard InChI is InChI=1S/C51H69FN10O14S/c1-5-75-40-10-6-9-38(52)37(40)16-13-35-29-62(50-46(67)45(66)41(76-50)27-58-77(55,70)71)49-43(35)47(53)57-30-61(49)28-33-11-14-36(15-12-33)59-48(68)34(8-7-19-56-51(54)69)26-39(64)44(31(2)3)60-42(65)18-21-73-23-25-74-24-22-72-20-17-32(4)63/h6,9-12,14-15,29-31,34,41,44-46,50,53,58,66-67H,5,7-8,17-28H2,1-4H3,(H7,54,55,56,59,60,65,68,69,70,71)/p+1/t34-,41-,44+,45-,46-,50-/m1/s1. The van der Waals surface area contributed by atoms with Gasteiger partial charge in [-0.15, -0.1) is 0 Å². The number of hydrogen-bond acceptors (Lipinski definition) is 16. The van der Waals surface area contributed by atoms with Crippen molar-refractivity contribution < 1.29 is 75.2 Å². The summed E-state index contributed by atoms with van der Waals surface area (Å²) in [6, 6.07) is 9.36. The summed E-state index contributed by atoms with van der Waals surface area (Å²) in [5.41, 5.74) is 13.3. The number of nitrogens with one attached hydrogen (secondary N) is 4. The molecule has 0 spiro atoms. The molecule has 1 fully saturated rings. The van der Waals surface area contributed by atoms with Crippen molar-refractivity contribution in [1.29, 1.82) is 0 Å². The van der Waals surface area contributed by atoms with Gasteiger partial charge in [0.05, 0.1) is 70.6 Å². The Hall–Kier alpha value is -6.67. The Bertz CT molecular complexity index is 2840. The quantitative estimate of drug-likeness (QED) is 0.0191. The number of rotatable bonds is 31. The largest absolute Gasteiger partial charge is 0.492 e. The average Bonchev–Trinajstić information content (AvgIpc) is 3.95. The number of urea groups is 1. The number of primary amides is 1. The molecule has 6 atom stereocenters. The van der Waals surface area contributed by atoms with E-state index in [0.717, 1.165) is 0 Å². The van der Waals surface area contributed by atoms with Crippen LogP contribution in [0.4, 0.5) is 20.7 Å². The molecule has 26 heteroatoms. The van der Waals surface area contributed by atoms with Gasteiger partial charge in [0.2, 0.25) is 35.8 Å². The van der Waals surface area contributed by atoms with Gasteiger partial charge in [0.1, 0.15) is 46.6 Å². The van der Waals surface area contributed by atoms with Gasteiger partial charge in [-0.05, 0) is 62.4 Å². The number of benzene rings is 2. The number of aromatic nitrogens is 3. The maximum absolute atomic E-state index is 15.1. The average molecular weight is 1100 g/mol. The van der Waals surface area contributed by atoms with Crippen LogP contribution in [0.25, 0.3) is 11.0 Å². The van der Waals surface area contributed by atoms with E-state index in [1.54, 1.807) is 55.7 Å². The smallest absolute Gasteiger partial charge is 0.312 e. The molecule has 0 unspecified atom stereocenters. The van der Waals surface area contributed by atoms with Crippen LogP contribution in [0.1, 0.15) is 82.7 Å². The first-order chi connectivity index (χ1) is 36.7. The predicted octanol–water partition coefficient (Wildman–Crippen LogP) is 0.826. The monoisotopic (exact) mass is 1100 g/mol. The first-order valence-electron chi connectivity index (χ1n) is 25.1. The number of ketones is 2. The molecule has 0 aliphatic carbocycles. The number of ether oxygens (including phenoxy) is 5. The minimum Gasteiger partial charge on any atom is -0.492 e. The number of Topliss-reactive ketones (excluding diaryl/α,β-unsaturated/α-hetero) is 2. The van der Waals surface area contributed by atoms with Gasteiger partial charge in [-0.25, -0.2) is 23.5 Å². The zero-order chi connectivity index (χ0) is 56.2. The van der Waals surface area contributed by atoms with E-state index in [1.165, 1.54) is 36.1 Å². The Labute approximate surface area is 446 Å². The highest BCUT2D eigenvalue weighted by Gasteiger charge is 2.47. The third-order valence-corrected chi connectivity index (χ3v) is 12.7. The number of anilines is 2. The molecule has 5 rings (SSSR count). The van der Waals surface area contributed by atoms with Gasteiger partial charge in [-0.1, -0.05) is 48.9 Å². The van der Waals surface area contributed by atoms with Crippen molar-refractivity contribution in [2.75, 3.05) is 70.4 Å². The number of carbonyl (C=O) groups excluding carboxylic acids is 5. The fraction of sp³-hybridized carbons (Fsp3) is 0.510. The van der Waals surface area contributed by atoms with E-state index >= 15 is 4.39 Å². The van der Waals surface area contributed by atoms with Crippen molar-refractivity contribution >= 4 is 62.2 Å². The van der Waals surface area contributed by atoms with Crippen LogP contribution in [-0.4, -0.2) is 141 Å². The highest BCUT2D eigenvalue weighted by Crippen LogP contribution is 2.35. The second-order valence-electron chi connectivity index (χ2n) is 18.5. The van der Waals surface area contributed by atoms with Gasteiger partial charge < -0.3 is 61.3 Å². The molecule has 4 amide bonds. The third-order valence-electron chi connectivity index (χ3n) is 12.1. The Balaban J connectivity index is 1.32. The van der Waals surface area contributed by atoms with Crippen LogP contribution in [0.15, 0.2) is 55.0 Å². The van der Waals surface area contributed by atoms with Crippen molar-refractivity contribution in [2.45, 2.75) is 96.9 Å². The van der Waals surface area contributed by atoms with E-state index in [2.05, 4.69) is 37.5 Å². The number of aliphatic hydroxyl groups is 2. The zero-order valence-corrected chi connectivity index (χ0v) is 44.3. The number of carbonyl (C=O) groups is 5. The first-order valence-corrected chi connectivity index (χ1v) is 26.6. The van der Waals surface area contributed by atoms with Gasteiger partial charge in [0.25, 0.3) is 10.2 Å². The number of halogens is 1. The summed E-state index contributed by atoms with van der Waals surface area (Å²) in [7, 11) is -4.20. The molecule has 1 saturated heterocycles. The molecule has 0 saturated carbocycles. The number of fused-ring (bicyclic) bond motifs is 1. The first kappa shape index (κ1) is 61.2. The van der Waals surface area contributed by atoms with Crippen molar-refractivity contribution in [1.82, 2.24) is 24.9 Å². The molecule has 3 heterocycles. The molecule has 1 aliphatic heterocycles. The normalized spacial score (nSPS) is 17.1. The number of nitrogens with two attached hydrogens (primary N) is 3. The van der Waals surface area contributed by atoms with Crippen molar-refractivity contribution in [3.8, 4) is 17.6 Å².